The van der Waals surface area contributed by atoms with E-state index in [4.69, 9.17) is 27.9 Å². The van der Waals surface area contributed by atoms with Gasteiger partial charge in [0.15, 0.2) is 9.84 Å². The molecule has 1 aromatic carbocycles. The third kappa shape index (κ3) is 4.01. The van der Waals surface area contributed by atoms with E-state index < -0.39 is 9.84 Å². The van der Waals surface area contributed by atoms with Gasteiger partial charge in [-0.25, -0.2) is 8.42 Å². The predicted molar refractivity (Wildman–Crippen MR) is 81.5 cm³/mol. The Kier molecular flexibility index (Phi) is 5.18. The van der Waals surface area contributed by atoms with Crippen LogP contribution in [-0.2, 0) is 16.4 Å². The molecule has 1 atom stereocenters. The number of hydrogen-bond donors (Lipinski definition) is 1. The van der Waals surface area contributed by atoms with Gasteiger partial charge in [0.1, 0.15) is 5.75 Å². The van der Waals surface area contributed by atoms with Gasteiger partial charge in [-0.1, -0.05) is 23.2 Å². The Balaban J connectivity index is 1.94. The maximum atomic E-state index is 11.4. The Morgan fingerprint density at radius 3 is 2.75 bits per heavy atom. The summed E-state index contributed by atoms with van der Waals surface area (Å²) in [6.07, 6.45) is 0.725. The number of hydrogen-bond acceptors (Lipinski definition) is 4. The van der Waals surface area contributed by atoms with E-state index in [2.05, 4.69) is 5.32 Å². The molecule has 0 bridgehead atoms. The van der Waals surface area contributed by atoms with Crippen molar-refractivity contribution in [2.45, 2.75) is 13.0 Å². The number of rotatable bonds is 5. The Bertz CT molecular complexity index is 590. The summed E-state index contributed by atoms with van der Waals surface area (Å²) >= 11 is 12.0. The Morgan fingerprint density at radius 1 is 1.40 bits per heavy atom. The summed E-state index contributed by atoms with van der Waals surface area (Å²) in [5.41, 5.74) is 0.867. The Hall–Kier alpha value is -0.490. The topological polar surface area (TPSA) is 55.4 Å². The van der Waals surface area contributed by atoms with Gasteiger partial charge in [0.05, 0.1) is 23.6 Å². The van der Waals surface area contributed by atoms with Gasteiger partial charge in [-0.2, -0.15) is 0 Å². The van der Waals surface area contributed by atoms with Crippen LogP contribution in [0.4, 0.5) is 0 Å². The Morgan fingerprint density at radius 2 is 2.15 bits per heavy atom. The smallest absolute Gasteiger partial charge is 0.150 e. The highest BCUT2D eigenvalue weighted by molar-refractivity contribution is 7.91. The van der Waals surface area contributed by atoms with Gasteiger partial charge in [-0.15, -0.1) is 0 Å². The first-order valence-corrected chi connectivity index (χ1v) is 8.92. The van der Waals surface area contributed by atoms with E-state index in [1.54, 1.807) is 19.2 Å². The number of ether oxygens (including phenoxy) is 1. The van der Waals surface area contributed by atoms with Crippen LogP contribution in [-0.4, -0.2) is 33.6 Å². The van der Waals surface area contributed by atoms with Crippen molar-refractivity contribution in [1.29, 1.82) is 0 Å². The van der Waals surface area contributed by atoms with E-state index in [-0.39, 0.29) is 11.7 Å². The summed E-state index contributed by atoms with van der Waals surface area (Å²) in [7, 11) is -1.27. The molecule has 1 saturated heterocycles. The quantitative estimate of drug-likeness (QED) is 0.896. The lowest BCUT2D eigenvalue weighted by Crippen LogP contribution is -2.23. The molecule has 1 aromatic rings. The first-order valence-electron chi connectivity index (χ1n) is 6.34. The van der Waals surface area contributed by atoms with Crippen LogP contribution in [0.1, 0.15) is 12.0 Å². The highest BCUT2D eigenvalue weighted by Crippen LogP contribution is 2.32. The van der Waals surface area contributed by atoms with Crippen LogP contribution in [0.3, 0.4) is 0 Å². The van der Waals surface area contributed by atoms with Gasteiger partial charge in [-0.05, 0) is 31.0 Å². The van der Waals surface area contributed by atoms with Crippen molar-refractivity contribution in [3.05, 3.63) is 27.7 Å². The molecule has 0 spiro atoms. The lowest BCUT2D eigenvalue weighted by Gasteiger charge is -2.13. The van der Waals surface area contributed by atoms with E-state index >= 15 is 0 Å². The van der Waals surface area contributed by atoms with Crippen molar-refractivity contribution in [3.8, 4) is 5.75 Å². The van der Waals surface area contributed by atoms with Crippen LogP contribution < -0.4 is 10.1 Å². The van der Waals surface area contributed by atoms with Crippen LogP contribution >= 0.6 is 23.2 Å². The van der Waals surface area contributed by atoms with Gasteiger partial charge in [0.2, 0.25) is 0 Å². The van der Waals surface area contributed by atoms with E-state index in [0.717, 1.165) is 12.0 Å². The highest BCUT2D eigenvalue weighted by atomic mass is 35.5. The van der Waals surface area contributed by atoms with Crippen molar-refractivity contribution < 1.29 is 13.2 Å². The normalized spacial score (nSPS) is 21.1. The second-order valence-corrected chi connectivity index (χ2v) is 8.05. The first kappa shape index (κ1) is 15.9. The number of nitrogens with one attached hydrogen (secondary N) is 1. The zero-order valence-corrected chi connectivity index (χ0v) is 13.5. The highest BCUT2D eigenvalue weighted by Gasteiger charge is 2.27. The molecular weight excluding hydrogens is 321 g/mol. The average molecular weight is 338 g/mol. The van der Waals surface area contributed by atoms with Gasteiger partial charge >= 0.3 is 0 Å². The molecule has 0 unspecified atom stereocenters. The molecule has 0 aromatic heterocycles. The van der Waals surface area contributed by atoms with E-state index in [9.17, 15) is 8.42 Å². The molecule has 7 heteroatoms. The number of halogens is 2. The third-order valence-corrected chi connectivity index (χ3v) is 5.70. The summed E-state index contributed by atoms with van der Waals surface area (Å²) < 4.78 is 28.0. The van der Waals surface area contributed by atoms with Crippen LogP contribution in [0.15, 0.2) is 12.1 Å². The molecular formula is C13H17Cl2NO3S. The summed E-state index contributed by atoms with van der Waals surface area (Å²) in [5.74, 6) is 1.35. The standard InChI is InChI=1S/C13H17Cl2NO3S/c1-19-13-10(4-11(14)5-12(13)15)7-16-6-9-2-3-20(17,18)8-9/h4-5,9,16H,2-3,6-8H2,1H3/t9-/m0/s1. The molecule has 1 fully saturated rings. The van der Waals surface area contributed by atoms with Crippen molar-refractivity contribution in [2.75, 3.05) is 25.2 Å². The van der Waals surface area contributed by atoms with Crippen LogP contribution in [0.2, 0.25) is 10.0 Å². The summed E-state index contributed by atoms with van der Waals surface area (Å²) in [4.78, 5) is 0. The molecule has 1 aliphatic heterocycles. The molecule has 0 amide bonds. The molecule has 20 heavy (non-hydrogen) atoms. The minimum atomic E-state index is -2.82. The summed E-state index contributed by atoms with van der Waals surface area (Å²) in [5, 5.41) is 4.27. The third-order valence-electron chi connectivity index (χ3n) is 3.36. The van der Waals surface area contributed by atoms with Crippen molar-refractivity contribution in [2.24, 2.45) is 5.92 Å². The number of sulfone groups is 1. The van der Waals surface area contributed by atoms with Crippen LogP contribution in [0.25, 0.3) is 0 Å². The average Bonchev–Trinajstić information content (AvgIpc) is 2.68. The van der Waals surface area contributed by atoms with Gasteiger partial charge in [-0.3, -0.25) is 0 Å². The minimum absolute atomic E-state index is 0.181. The van der Waals surface area contributed by atoms with Crippen LogP contribution in [0.5, 0.6) is 5.75 Å². The van der Waals surface area contributed by atoms with Crippen LogP contribution in [0, 0.1) is 5.92 Å². The monoisotopic (exact) mass is 337 g/mol. The fraction of sp³-hybridized carbons (Fsp3) is 0.538. The summed E-state index contributed by atoms with van der Waals surface area (Å²) in [6.45, 7) is 1.20. The minimum Gasteiger partial charge on any atom is -0.495 e. The molecule has 4 nitrogen and oxygen atoms in total. The van der Waals surface area contributed by atoms with E-state index in [1.807, 2.05) is 0 Å². The van der Waals surface area contributed by atoms with Crippen molar-refractivity contribution >= 4 is 33.0 Å². The zero-order chi connectivity index (χ0) is 14.8. The lowest BCUT2D eigenvalue weighted by atomic mass is 10.1. The molecule has 0 saturated carbocycles. The fourth-order valence-corrected chi connectivity index (χ4v) is 4.89. The first-order chi connectivity index (χ1) is 9.41. The van der Waals surface area contributed by atoms with Gasteiger partial charge < -0.3 is 10.1 Å². The molecule has 0 aliphatic carbocycles. The molecule has 0 radical (unpaired) electrons. The molecule has 2 rings (SSSR count). The molecule has 1 N–H and O–H groups in total. The van der Waals surface area contributed by atoms with Crippen molar-refractivity contribution in [1.82, 2.24) is 5.32 Å². The largest absolute Gasteiger partial charge is 0.495 e. The lowest BCUT2D eigenvalue weighted by molar-refractivity contribution is 0.406. The molecule has 1 heterocycles. The van der Waals surface area contributed by atoms with Crippen molar-refractivity contribution in [3.63, 3.8) is 0 Å². The van der Waals surface area contributed by atoms with E-state index in [1.165, 1.54) is 0 Å². The zero-order valence-electron chi connectivity index (χ0n) is 11.2. The molecule has 112 valence electrons. The number of benzene rings is 1. The predicted octanol–water partition coefficient (Wildman–Crippen LogP) is 2.53. The number of methoxy groups -OCH3 is 1. The second kappa shape index (κ2) is 6.52. The second-order valence-electron chi connectivity index (χ2n) is 4.98. The fourth-order valence-electron chi connectivity index (χ4n) is 2.42. The summed E-state index contributed by atoms with van der Waals surface area (Å²) in [6, 6.07) is 3.43. The maximum absolute atomic E-state index is 11.4. The Labute approximate surface area is 129 Å². The maximum Gasteiger partial charge on any atom is 0.150 e. The molecule has 1 aliphatic rings. The van der Waals surface area contributed by atoms with E-state index in [0.29, 0.717) is 34.6 Å². The van der Waals surface area contributed by atoms with Gasteiger partial charge in [0, 0.05) is 17.1 Å². The SMILES string of the molecule is COc1c(Cl)cc(Cl)cc1CNC[C@@H]1CCS(=O)(=O)C1. The van der Waals surface area contributed by atoms with Gasteiger partial charge in [0.25, 0.3) is 0 Å².